The summed E-state index contributed by atoms with van der Waals surface area (Å²) in [6, 6.07) is 18.8. The van der Waals surface area contributed by atoms with Crippen LogP contribution < -0.4 is 4.74 Å². The Morgan fingerprint density at radius 1 is 0.917 bits per heavy atom. The first-order valence-electron chi connectivity index (χ1n) is 12.9. The molecule has 3 aliphatic heterocycles. The van der Waals surface area contributed by atoms with Crippen LogP contribution in [0, 0.1) is 5.41 Å². The van der Waals surface area contributed by atoms with E-state index in [0.29, 0.717) is 43.2 Å². The number of para-hydroxylation sites is 2. The van der Waals surface area contributed by atoms with E-state index in [1.165, 1.54) is 0 Å². The number of benzene rings is 2. The maximum absolute atomic E-state index is 13.5. The van der Waals surface area contributed by atoms with Crippen LogP contribution in [0.5, 0.6) is 5.75 Å². The van der Waals surface area contributed by atoms with Crippen LogP contribution in [0.2, 0.25) is 0 Å². The number of nitrogens with zero attached hydrogens (tertiary/aromatic N) is 3. The molecular formula is C29H33N3O4. The van der Waals surface area contributed by atoms with Gasteiger partial charge in [-0.2, -0.15) is 0 Å². The predicted molar refractivity (Wildman–Crippen MR) is 138 cm³/mol. The fourth-order valence-electron chi connectivity index (χ4n) is 5.34. The number of carbonyl (C=O) groups is 2. The van der Waals surface area contributed by atoms with E-state index >= 15 is 0 Å². The van der Waals surface area contributed by atoms with Crippen LogP contribution >= 0.6 is 0 Å². The number of aliphatic hydroxyl groups excluding tert-OH is 1. The molecule has 36 heavy (non-hydrogen) atoms. The molecule has 7 heteroatoms. The number of amides is 2. The van der Waals surface area contributed by atoms with Gasteiger partial charge >= 0.3 is 0 Å². The summed E-state index contributed by atoms with van der Waals surface area (Å²) in [6.07, 6.45) is 4.18. The summed E-state index contributed by atoms with van der Waals surface area (Å²) in [5.74, 6) is 0.370. The molecule has 2 aromatic carbocycles. The zero-order chi connectivity index (χ0) is 25.0. The Kier molecular flexibility index (Phi) is 7.18. The first-order valence-corrected chi connectivity index (χ1v) is 12.9. The third-order valence-corrected chi connectivity index (χ3v) is 7.67. The molecule has 1 N–H and O–H groups in total. The third-order valence-electron chi connectivity index (χ3n) is 7.67. The topological polar surface area (TPSA) is 83.0 Å². The van der Waals surface area contributed by atoms with Crippen molar-refractivity contribution in [3.8, 4) is 5.75 Å². The second-order valence-corrected chi connectivity index (χ2v) is 9.93. The monoisotopic (exact) mass is 487 g/mol. The highest BCUT2D eigenvalue weighted by Crippen LogP contribution is 2.37. The quantitative estimate of drug-likeness (QED) is 0.587. The summed E-state index contributed by atoms with van der Waals surface area (Å²) in [5.41, 5.74) is 1.58. The van der Waals surface area contributed by atoms with E-state index in [-0.39, 0.29) is 30.4 Å². The summed E-state index contributed by atoms with van der Waals surface area (Å²) in [5, 5.41) is 11.2. The lowest BCUT2D eigenvalue weighted by atomic mass is 9.75. The zero-order valence-electron chi connectivity index (χ0n) is 20.6. The first-order chi connectivity index (χ1) is 17.6. The first kappa shape index (κ1) is 24.3. The fourth-order valence-corrected chi connectivity index (χ4v) is 5.34. The number of aromatic nitrogens is 1. The molecule has 1 fully saturated rings. The highest BCUT2D eigenvalue weighted by Gasteiger charge is 2.36. The van der Waals surface area contributed by atoms with Gasteiger partial charge in [0.1, 0.15) is 18.1 Å². The number of hydrogen-bond donors (Lipinski definition) is 1. The van der Waals surface area contributed by atoms with Crippen molar-refractivity contribution < 1.29 is 19.4 Å². The molecule has 3 aromatic rings. The van der Waals surface area contributed by atoms with Gasteiger partial charge in [0.25, 0.3) is 11.8 Å². The number of fused-ring (bicyclic) bond motifs is 10. The second kappa shape index (κ2) is 10.7. The van der Waals surface area contributed by atoms with Gasteiger partial charge in [-0.1, -0.05) is 42.8 Å². The van der Waals surface area contributed by atoms with E-state index in [0.717, 1.165) is 43.0 Å². The van der Waals surface area contributed by atoms with Gasteiger partial charge in [-0.05, 0) is 55.4 Å². The van der Waals surface area contributed by atoms with Gasteiger partial charge in [0, 0.05) is 31.6 Å². The number of carbonyl (C=O) groups excluding carboxylic acids is 2. The normalized spacial score (nSPS) is 18.8. The Morgan fingerprint density at radius 2 is 1.69 bits per heavy atom. The standard InChI is InChI=1S/C29H33N3O4/c33-21-29-13-5-6-16-31(28(35)25-12-11-22-7-1-3-9-24(22)30-25)19-20-36-26-10-4-2-8-23(26)27(34)32(17-14-29)18-15-29/h1-4,7-12,33H,5-6,13-21H2. The van der Waals surface area contributed by atoms with Crippen molar-refractivity contribution in [2.75, 3.05) is 39.4 Å². The van der Waals surface area contributed by atoms with Gasteiger partial charge < -0.3 is 19.6 Å². The van der Waals surface area contributed by atoms with E-state index in [4.69, 9.17) is 4.74 Å². The van der Waals surface area contributed by atoms with Gasteiger partial charge in [0.2, 0.25) is 0 Å². The average Bonchev–Trinajstić information content (AvgIpc) is 2.94. The lowest BCUT2D eigenvalue weighted by Crippen LogP contribution is -2.44. The minimum Gasteiger partial charge on any atom is -0.491 e. The number of piperidine rings is 1. The van der Waals surface area contributed by atoms with Crippen molar-refractivity contribution in [1.82, 2.24) is 14.8 Å². The molecule has 1 saturated heterocycles. The highest BCUT2D eigenvalue weighted by molar-refractivity contribution is 5.97. The Labute approximate surface area is 211 Å². The summed E-state index contributed by atoms with van der Waals surface area (Å²) in [7, 11) is 0. The largest absolute Gasteiger partial charge is 0.491 e. The number of hydrogen-bond acceptors (Lipinski definition) is 5. The molecule has 2 amide bonds. The molecule has 0 unspecified atom stereocenters. The highest BCUT2D eigenvalue weighted by atomic mass is 16.5. The molecule has 4 heterocycles. The Bertz CT molecular complexity index is 1240. The molecule has 6 rings (SSSR count). The lowest BCUT2D eigenvalue weighted by Gasteiger charge is -2.41. The molecule has 7 nitrogen and oxygen atoms in total. The van der Waals surface area contributed by atoms with E-state index in [1.54, 1.807) is 17.0 Å². The molecule has 0 radical (unpaired) electrons. The third kappa shape index (κ3) is 5.07. The maximum atomic E-state index is 13.5. The summed E-state index contributed by atoms with van der Waals surface area (Å²) in [6.45, 7) is 2.65. The van der Waals surface area contributed by atoms with Crippen LogP contribution in [0.3, 0.4) is 0 Å². The minimum absolute atomic E-state index is 0.0414. The SMILES string of the molecule is O=C(c1ccc2ccccc2n1)N1CCCCC2(CO)CCN(CC2)C(=O)c2ccccc2OCC1. The maximum Gasteiger partial charge on any atom is 0.272 e. The Balaban J connectivity index is 1.39. The van der Waals surface area contributed by atoms with E-state index in [9.17, 15) is 14.7 Å². The molecule has 0 spiro atoms. The summed E-state index contributed by atoms with van der Waals surface area (Å²) >= 11 is 0. The molecule has 0 saturated carbocycles. The van der Waals surface area contributed by atoms with Crippen LogP contribution in [0.25, 0.3) is 10.9 Å². The molecule has 3 aliphatic rings. The number of ether oxygens (including phenoxy) is 1. The lowest BCUT2D eigenvalue weighted by molar-refractivity contribution is 0.0297. The van der Waals surface area contributed by atoms with Crippen LogP contribution in [0.4, 0.5) is 0 Å². The zero-order valence-corrected chi connectivity index (χ0v) is 20.6. The van der Waals surface area contributed by atoms with Crippen molar-refractivity contribution >= 4 is 22.7 Å². The van der Waals surface area contributed by atoms with Gasteiger partial charge in [0.05, 0.1) is 17.6 Å². The molecule has 188 valence electrons. The van der Waals surface area contributed by atoms with E-state index in [2.05, 4.69) is 4.98 Å². The van der Waals surface area contributed by atoms with Gasteiger partial charge in [-0.15, -0.1) is 0 Å². The van der Waals surface area contributed by atoms with Crippen LogP contribution in [0.1, 0.15) is 53.0 Å². The average molecular weight is 488 g/mol. The molecule has 1 aromatic heterocycles. The number of rotatable bonds is 2. The van der Waals surface area contributed by atoms with Crippen LogP contribution in [-0.2, 0) is 0 Å². The molecular weight excluding hydrogens is 454 g/mol. The summed E-state index contributed by atoms with van der Waals surface area (Å²) in [4.78, 5) is 35.1. The van der Waals surface area contributed by atoms with E-state index in [1.807, 2.05) is 53.4 Å². The van der Waals surface area contributed by atoms with Crippen molar-refractivity contribution in [2.45, 2.75) is 32.1 Å². The van der Waals surface area contributed by atoms with Crippen molar-refractivity contribution in [1.29, 1.82) is 0 Å². The minimum atomic E-state index is -0.165. The van der Waals surface area contributed by atoms with Gasteiger partial charge in [-0.25, -0.2) is 4.98 Å². The van der Waals surface area contributed by atoms with Crippen LogP contribution in [0.15, 0.2) is 60.7 Å². The second-order valence-electron chi connectivity index (χ2n) is 9.93. The Hall–Kier alpha value is -3.45. The van der Waals surface area contributed by atoms with Crippen LogP contribution in [-0.4, -0.2) is 71.1 Å². The smallest absolute Gasteiger partial charge is 0.272 e. The molecule has 2 bridgehead atoms. The molecule has 0 aliphatic carbocycles. The number of pyridine rings is 1. The summed E-state index contributed by atoms with van der Waals surface area (Å²) < 4.78 is 6.07. The van der Waals surface area contributed by atoms with E-state index < -0.39 is 0 Å². The number of aliphatic hydroxyl groups is 1. The van der Waals surface area contributed by atoms with Crippen molar-refractivity contribution in [3.05, 3.63) is 71.9 Å². The van der Waals surface area contributed by atoms with Crippen molar-refractivity contribution in [3.63, 3.8) is 0 Å². The van der Waals surface area contributed by atoms with Crippen molar-refractivity contribution in [2.24, 2.45) is 5.41 Å². The van der Waals surface area contributed by atoms with Gasteiger partial charge in [-0.3, -0.25) is 9.59 Å². The predicted octanol–water partition coefficient (Wildman–Crippen LogP) is 4.15. The van der Waals surface area contributed by atoms with Gasteiger partial charge in [0.15, 0.2) is 0 Å². The molecule has 0 atom stereocenters. The Morgan fingerprint density at radius 3 is 2.53 bits per heavy atom. The fraction of sp³-hybridized carbons (Fsp3) is 0.414.